The van der Waals surface area contributed by atoms with Crippen molar-refractivity contribution < 1.29 is 4.39 Å². The average Bonchev–Trinajstić information content (AvgIpc) is 2.92. The number of benzene rings is 1. The van der Waals surface area contributed by atoms with Crippen LogP contribution in [0, 0.1) is 19.7 Å². The van der Waals surface area contributed by atoms with Gasteiger partial charge in [-0.2, -0.15) is 5.10 Å². The highest BCUT2D eigenvalue weighted by Gasteiger charge is 2.23. The van der Waals surface area contributed by atoms with Gasteiger partial charge in [0.1, 0.15) is 11.6 Å². The molecule has 0 radical (unpaired) electrons. The van der Waals surface area contributed by atoms with Gasteiger partial charge in [-0.15, -0.1) is 0 Å². The summed E-state index contributed by atoms with van der Waals surface area (Å²) in [6, 6.07) is 4.71. The first-order valence-electron chi connectivity index (χ1n) is 6.38. The van der Waals surface area contributed by atoms with Gasteiger partial charge in [-0.3, -0.25) is 0 Å². The first-order chi connectivity index (χ1) is 9.63. The number of fused-ring (bicyclic) bond motifs is 5. The lowest BCUT2D eigenvalue weighted by Gasteiger charge is -2.08. The largest absolute Gasteiger partial charge is 0.300 e. The molecular weight excluding hydrogens is 257 g/mol. The van der Waals surface area contributed by atoms with E-state index in [1.807, 2.05) is 18.4 Å². The third-order valence-electron chi connectivity index (χ3n) is 3.61. The van der Waals surface area contributed by atoms with Crippen LogP contribution in [0.2, 0.25) is 0 Å². The van der Waals surface area contributed by atoms with E-state index < -0.39 is 0 Å². The van der Waals surface area contributed by atoms with Crippen molar-refractivity contribution in [1.82, 2.24) is 24.3 Å². The Labute approximate surface area is 114 Å². The molecule has 0 N–H and O–H groups in total. The number of aryl methyl sites for hydroxylation is 2. The van der Waals surface area contributed by atoms with E-state index in [2.05, 4.69) is 15.1 Å². The predicted molar refractivity (Wildman–Crippen MR) is 71.1 cm³/mol. The topological polar surface area (TPSA) is 48.5 Å². The van der Waals surface area contributed by atoms with Crippen LogP contribution in [-0.2, 0) is 6.54 Å². The maximum atomic E-state index is 13.6. The monoisotopic (exact) mass is 269 g/mol. The van der Waals surface area contributed by atoms with E-state index in [0.717, 1.165) is 22.6 Å². The zero-order valence-corrected chi connectivity index (χ0v) is 11.1. The van der Waals surface area contributed by atoms with Crippen molar-refractivity contribution in [2.24, 2.45) is 0 Å². The number of hydrogen-bond acceptors (Lipinski definition) is 3. The Hall–Kier alpha value is -2.50. The quantitative estimate of drug-likeness (QED) is 0.492. The zero-order chi connectivity index (χ0) is 13.9. The van der Waals surface area contributed by atoms with Gasteiger partial charge in [0.2, 0.25) is 0 Å². The second-order valence-electron chi connectivity index (χ2n) is 4.95. The number of rotatable bonds is 0. The standard InChI is InChI=1S/C14H12FN5/c1-8-13-6-20-14(17-9(2)18-20)11-5-10(15)3-4-12(11)19(13)7-16-8/h3-5,7H,6H2,1-2H3. The van der Waals surface area contributed by atoms with Gasteiger partial charge >= 0.3 is 0 Å². The highest BCUT2D eigenvalue weighted by atomic mass is 19.1. The fourth-order valence-corrected chi connectivity index (χ4v) is 2.67. The van der Waals surface area contributed by atoms with Crippen molar-refractivity contribution in [3.05, 3.63) is 47.6 Å². The molecule has 0 atom stereocenters. The summed E-state index contributed by atoms with van der Waals surface area (Å²) in [6.45, 7) is 4.38. The summed E-state index contributed by atoms with van der Waals surface area (Å²) in [5.41, 5.74) is 3.61. The lowest BCUT2D eigenvalue weighted by atomic mass is 10.1. The van der Waals surface area contributed by atoms with Gasteiger partial charge in [-0.25, -0.2) is 19.0 Å². The van der Waals surface area contributed by atoms with E-state index in [1.165, 1.54) is 12.1 Å². The van der Waals surface area contributed by atoms with E-state index >= 15 is 0 Å². The molecule has 4 rings (SSSR count). The van der Waals surface area contributed by atoms with Crippen molar-refractivity contribution in [2.75, 3.05) is 0 Å². The summed E-state index contributed by atoms with van der Waals surface area (Å²) in [6.07, 6.45) is 1.76. The molecule has 1 aliphatic heterocycles. The highest BCUT2D eigenvalue weighted by molar-refractivity contribution is 5.69. The van der Waals surface area contributed by atoms with E-state index in [4.69, 9.17) is 0 Å². The van der Waals surface area contributed by atoms with E-state index in [0.29, 0.717) is 18.2 Å². The van der Waals surface area contributed by atoms with Crippen LogP contribution in [0.15, 0.2) is 24.5 Å². The Bertz CT molecular complexity index is 830. The van der Waals surface area contributed by atoms with Gasteiger partial charge in [0.25, 0.3) is 0 Å². The molecule has 6 heteroatoms. The normalized spacial score (nSPS) is 12.6. The van der Waals surface area contributed by atoms with Crippen molar-refractivity contribution in [3.63, 3.8) is 0 Å². The average molecular weight is 269 g/mol. The molecule has 0 aliphatic carbocycles. The maximum Gasteiger partial charge on any atom is 0.160 e. The summed E-state index contributed by atoms with van der Waals surface area (Å²) < 4.78 is 17.4. The molecule has 0 bridgehead atoms. The summed E-state index contributed by atoms with van der Waals surface area (Å²) >= 11 is 0. The lowest BCUT2D eigenvalue weighted by Crippen LogP contribution is -2.05. The van der Waals surface area contributed by atoms with Crippen LogP contribution in [-0.4, -0.2) is 24.3 Å². The maximum absolute atomic E-state index is 13.6. The van der Waals surface area contributed by atoms with Gasteiger partial charge in [0.05, 0.1) is 29.9 Å². The molecule has 20 heavy (non-hydrogen) atoms. The van der Waals surface area contributed by atoms with Crippen molar-refractivity contribution in [2.45, 2.75) is 20.4 Å². The summed E-state index contributed by atoms with van der Waals surface area (Å²) in [7, 11) is 0. The van der Waals surface area contributed by atoms with Crippen LogP contribution >= 0.6 is 0 Å². The molecule has 0 spiro atoms. The molecule has 3 heterocycles. The molecule has 0 fully saturated rings. The van der Waals surface area contributed by atoms with E-state index in [1.54, 1.807) is 17.1 Å². The van der Waals surface area contributed by atoms with Gasteiger partial charge < -0.3 is 4.57 Å². The van der Waals surface area contributed by atoms with Gasteiger partial charge in [0, 0.05) is 5.56 Å². The Morgan fingerprint density at radius 2 is 2.10 bits per heavy atom. The Morgan fingerprint density at radius 1 is 1.25 bits per heavy atom. The van der Waals surface area contributed by atoms with Gasteiger partial charge in [-0.1, -0.05) is 0 Å². The molecule has 100 valence electrons. The summed E-state index contributed by atoms with van der Waals surface area (Å²) in [5.74, 6) is 1.09. The van der Waals surface area contributed by atoms with Gasteiger partial charge in [0.15, 0.2) is 5.82 Å². The third kappa shape index (κ3) is 1.44. The molecule has 3 aromatic rings. The minimum Gasteiger partial charge on any atom is -0.300 e. The zero-order valence-electron chi connectivity index (χ0n) is 11.1. The predicted octanol–water partition coefficient (Wildman–Crippen LogP) is 2.25. The molecule has 5 nitrogen and oxygen atoms in total. The van der Waals surface area contributed by atoms with Crippen molar-refractivity contribution in [3.8, 4) is 17.1 Å². The lowest BCUT2D eigenvalue weighted by molar-refractivity contribution is 0.627. The molecule has 0 unspecified atom stereocenters. The Kier molecular flexibility index (Phi) is 2.13. The minimum absolute atomic E-state index is 0.281. The molecule has 0 amide bonds. The van der Waals surface area contributed by atoms with Crippen molar-refractivity contribution in [1.29, 1.82) is 0 Å². The number of nitrogens with zero attached hydrogens (tertiary/aromatic N) is 5. The SMILES string of the molecule is Cc1nc2n(n1)Cc1c(C)ncn1-c1ccc(F)cc1-2. The minimum atomic E-state index is -0.281. The number of hydrogen-bond donors (Lipinski definition) is 0. The number of aromatic nitrogens is 5. The van der Waals surface area contributed by atoms with Crippen LogP contribution in [0.3, 0.4) is 0 Å². The molecule has 2 aromatic heterocycles. The summed E-state index contributed by atoms with van der Waals surface area (Å²) in [5, 5.41) is 4.40. The Balaban J connectivity index is 2.12. The Morgan fingerprint density at radius 3 is 2.95 bits per heavy atom. The highest BCUT2D eigenvalue weighted by Crippen LogP contribution is 2.31. The fourth-order valence-electron chi connectivity index (χ4n) is 2.67. The van der Waals surface area contributed by atoms with E-state index in [9.17, 15) is 4.39 Å². The number of imidazole rings is 1. The van der Waals surface area contributed by atoms with E-state index in [-0.39, 0.29) is 5.82 Å². The molecule has 1 aromatic carbocycles. The van der Waals surface area contributed by atoms with Crippen molar-refractivity contribution >= 4 is 0 Å². The first-order valence-corrected chi connectivity index (χ1v) is 6.38. The number of halogens is 1. The van der Waals surface area contributed by atoms with Crippen LogP contribution in [0.5, 0.6) is 0 Å². The first kappa shape index (κ1) is 11.3. The van der Waals surface area contributed by atoms with Crippen LogP contribution < -0.4 is 0 Å². The molecule has 1 aliphatic rings. The smallest absolute Gasteiger partial charge is 0.160 e. The third-order valence-corrected chi connectivity index (χ3v) is 3.61. The molecule has 0 saturated heterocycles. The molecular formula is C14H12FN5. The van der Waals surface area contributed by atoms with Crippen LogP contribution in [0.4, 0.5) is 4.39 Å². The van der Waals surface area contributed by atoms with Crippen LogP contribution in [0.25, 0.3) is 17.1 Å². The second-order valence-corrected chi connectivity index (χ2v) is 4.95. The van der Waals surface area contributed by atoms with Crippen LogP contribution in [0.1, 0.15) is 17.2 Å². The van der Waals surface area contributed by atoms with Gasteiger partial charge in [-0.05, 0) is 32.0 Å². The fraction of sp³-hybridized carbons (Fsp3) is 0.214. The molecule has 0 saturated carbocycles. The second kappa shape index (κ2) is 3.75. The summed E-state index contributed by atoms with van der Waals surface area (Å²) in [4.78, 5) is 8.79.